The average Bonchev–Trinajstić information content (AvgIpc) is 2.29. The molecule has 0 radical (unpaired) electrons. The molecule has 0 spiro atoms. The molecule has 1 aromatic heterocycles. The van der Waals surface area contributed by atoms with E-state index in [0.29, 0.717) is 6.61 Å². The zero-order valence-corrected chi connectivity index (χ0v) is 9.86. The number of nitrogens with one attached hydrogen (secondary N) is 2. The third kappa shape index (κ3) is 5.70. The fraction of sp³-hybridized carbons (Fsp3) is 0.545. The highest BCUT2D eigenvalue weighted by atomic mass is 16.5. The van der Waals surface area contributed by atoms with Gasteiger partial charge in [-0.25, -0.2) is 9.59 Å². The summed E-state index contributed by atoms with van der Waals surface area (Å²) in [5.74, 6) is 0.187. The van der Waals surface area contributed by atoms with E-state index >= 15 is 0 Å². The summed E-state index contributed by atoms with van der Waals surface area (Å²) in [6.07, 6.45) is 5.01. The van der Waals surface area contributed by atoms with Crippen molar-refractivity contribution < 1.29 is 9.53 Å². The van der Waals surface area contributed by atoms with Crippen LogP contribution in [0.1, 0.15) is 32.6 Å². The molecule has 0 atom stereocenters. The highest BCUT2D eigenvalue weighted by Crippen LogP contribution is 2.01. The topological polar surface area (TPSA) is 84.1 Å². The highest BCUT2D eigenvalue weighted by molar-refractivity contribution is 5.83. The van der Waals surface area contributed by atoms with Gasteiger partial charge in [0.1, 0.15) is 5.82 Å². The van der Waals surface area contributed by atoms with Gasteiger partial charge in [0, 0.05) is 6.20 Å². The zero-order chi connectivity index (χ0) is 12.5. The van der Waals surface area contributed by atoms with Crippen molar-refractivity contribution in [3.8, 4) is 0 Å². The van der Waals surface area contributed by atoms with Crippen molar-refractivity contribution in [1.29, 1.82) is 0 Å². The average molecular weight is 239 g/mol. The normalized spacial score (nSPS) is 9.94. The minimum Gasteiger partial charge on any atom is -0.449 e. The first-order valence-electron chi connectivity index (χ1n) is 5.72. The van der Waals surface area contributed by atoms with Crippen LogP contribution in [-0.4, -0.2) is 22.7 Å². The summed E-state index contributed by atoms with van der Waals surface area (Å²) in [6, 6.07) is 1.49. The van der Waals surface area contributed by atoms with Gasteiger partial charge in [-0.05, 0) is 12.5 Å². The predicted molar refractivity (Wildman–Crippen MR) is 64.0 cm³/mol. The molecule has 94 valence electrons. The first-order valence-corrected chi connectivity index (χ1v) is 5.72. The van der Waals surface area contributed by atoms with Crippen LogP contribution in [-0.2, 0) is 4.74 Å². The van der Waals surface area contributed by atoms with Gasteiger partial charge in [0.15, 0.2) is 0 Å². The third-order valence-electron chi connectivity index (χ3n) is 2.13. The Labute approximate surface area is 99.4 Å². The maximum absolute atomic E-state index is 11.3. The number of unbranched alkanes of at least 4 members (excludes halogenated alkanes) is 3. The van der Waals surface area contributed by atoms with Crippen LogP contribution in [0, 0.1) is 0 Å². The lowest BCUT2D eigenvalue weighted by Crippen LogP contribution is -2.18. The maximum Gasteiger partial charge on any atom is 0.412 e. The van der Waals surface area contributed by atoms with Crippen LogP contribution >= 0.6 is 0 Å². The fourth-order valence-corrected chi connectivity index (χ4v) is 1.27. The van der Waals surface area contributed by atoms with Crippen LogP contribution in [0.4, 0.5) is 10.6 Å². The number of amides is 1. The predicted octanol–water partition coefficient (Wildman–Crippen LogP) is 1.90. The third-order valence-corrected chi connectivity index (χ3v) is 2.13. The maximum atomic E-state index is 11.3. The second kappa shape index (κ2) is 7.43. The van der Waals surface area contributed by atoms with Crippen molar-refractivity contribution in [2.45, 2.75) is 32.6 Å². The van der Waals surface area contributed by atoms with Crippen molar-refractivity contribution in [3.05, 3.63) is 22.7 Å². The summed E-state index contributed by atoms with van der Waals surface area (Å²) < 4.78 is 4.93. The minimum absolute atomic E-state index is 0.187. The van der Waals surface area contributed by atoms with E-state index in [1.54, 1.807) is 0 Å². The van der Waals surface area contributed by atoms with Gasteiger partial charge in [-0.1, -0.05) is 26.2 Å². The van der Waals surface area contributed by atoms with E-state index in [1.807, 2.05) is 0 Å². The van der Waals surface area contributed by atoms with E-state index in [9.17, 15) is 9.59 Å². The van der Waals surface area contributed by atoms with Crippen LogP contribution < -0.4 is 11.0 Å². The van der Waals surface area contributed by atoms with Crippen molar-refractivity contribution in [2.75, 3.05) is 11.9 Å². The Morgan fingerprint density at radius 2 is 2.29 bits per heavy atom. The van der Waals surface area contributed by atoms with Crippen molar-refractivity contribution in [2.24, 2.45) is 0 Å². The van der Waals surface area contributed by atoms with Crippen molar-refractivity contribution >= 4 is 11.9 Å². The van der Waals surface area contributed by atoms with Crippen LogP contribution in [0.25, 0.3) is 0 Å². The number of rotatable bonds is 6. The highest BCUT2D eigenvalue weighted by Gasteiger charge is 2.03. The second-order valence-corrected chi connectivity index (χ2v) is 3.60. The molecule has 6 nitrogen and oxygen atoms in total. The number of hydrogen-bond donors (Lipinski definition) is 2. The van der Waals surface area contributed by atoms with Crippen LogP contribution in [0.2, 0.25) is 0 Å². The lowest BCUT2D eigenvalue weighted by atomic mass is 10.2. The van der Waals surface area contributed by atoms with E-state index in [2.05, 4.69) is 22.2 Å². The van der Waals surface area contributed by atoms with Gasteiger partial charge in [0.25, 0.3) is 0 Å². The van der Waals surface area contributed by atoms with Crippen LogP contribution in [0.15, 0.2) is 17.1 Å². The molecule has 0 aliphatic heterocycles. The van der Waals surface area contributed by atoms with Gasteiger partial charge >= 0.3 is 11.8 Å². The molecule has 17 heavy (non-hydrogen) atoms. The fourth-order valence-electron chi connectivity index (χ4n) is 1.27. The molecule has 2 N–H and O–H groups in total. The lowest BCUT2D eigenvalue weighted by Gasteiger charge is -2.05. The van der Waals surface area contributed by atoms with E-state index < -0.39 is 11.8 Å². The van der Waals surface area contributed by atoms with Crippen LogP contribution in [0.5, 0.6) is 0 Å². The molecule has 0 aliphatic rings. The Morgan fingerprint density at radius 1 is 1.47 bits per heavy atom. The summed E-state index contributed by atoms with van der Waals surface area (Å²) in [5, 5.41) is 2.38. The number of H-pyrrole nitrogens is 1. The largest absolute Gasteiger partial charge is 0.449 e. The Balaban J connectivity index is 2.23. The Kier molecular flexibility index (Phi) is 5.77. The monoisotopic (exact) mass is 239 g/mol. The van der Waals surface area contributed by atoms with Gasteiger partial charge in [0.05, 0.1) is 6.61 Å². The molecule has 6 heteroatoms. The van der Waals surface area contributed by atoms with Crippen LogP contribution in [0.3, 0.4) is 0 Å². The minimum atomic E-state index is -0.584. The first kappa shape index (κ1) is 13.2. The SMILES string of the molecule is CCCCCCOC(=O)Nc1cc[nH]c(=O)n1. The van der Waals surface area contributed by atoms with Gasteiger partial charge in [0.2, 0.25) is 0 Å². The first-order chi connectivity index (χ1) is 8.22. The van der Waals surface area contributed by atoms with E-state index in [0.717, 1.165) is 25.7 Å². The molecule has 1 amide bonds. The number of nitrogens with zero attached hydrogens (tertiary/aromatic N) is 1. The summed E-state index contributed by atoms with van der Waals surface area (Å²) in [6.45, 7) is 2.50. The van der Waals surface area contributed by atoms with E-state index in [1.165, 1.54) is 12.3 Å². The number of aromatic amines is 1. The number of carbonyl (C=O) groups is 1. The quantitative estimate of drug-likeness (QED) is 0.742. The molecule has 0 unspecified atom stereocenters. The summed E-state index contributed by atoms with van der Waals surface area (Å²) in [4.78, 5) is 28.0. The van der Waals surface area contributed by atoms with Gasteiger partial charge in [-0.15, -0.1) is 0 Å². The van der Waals surface area contributed by atoms with Gasteiger partial charge < -0.3 is 9.72 Å². The summed E-state index contributed by atoms with van der Waals surface area (Å²) >= 11 is 0. The van der Waals surface area contributed by atoms with Crippen molar-refractivity contribution in [3.63, 3.8) is 0 Å². The van der Waals surface area contributed by atoms with Gasteiger partial charge in [-0.3, -0.25) is 5.32 Å². The summed E-state index contributed by atoms with van der Waals surface area (Å²) in [5.41, 5.74) is -0.509. The van der Waals surface area contributed by atoms with Crippen molar-refractivity contribution in [1.82, 2.24) is 9.97 Å². The number of ether oxygens (including phenoxy) is 1. The molecule has 0 aromatic carbocycles. The standard InChI is InChI=1S/C11H17N3O3/c1-2-3-4-5-8-17-11(16)14-9-6-7-12-10(15)13-9/h6-7H,2-5,8H2,1H3,(H2,12,13,14,15,16). The molecule has 0 bridgehead atoms. The van der Waals surface area contributed by atoms with E-state index in [4.69, 9.17) is 4.74 Å². The Bertz CT molecular complexity index is 403. The number of aromatic nitrogens is 2. The lowest BCUT2D eigenvalue weighted by molar-refractivity contribution is 0.159. The number of hydrogen-bond acceptors (Lipinski definition) is 4. The second-order valence-electron chi connectivity index (χ2n) is 3.60. The number of anilines is 1. The Hall–Kier alpha value is -1.85. The molecule has 0 saturated heterocycles. The molecule has 1 heterocycles. The molecule has 0 saturated carbocycles. The smallest absolute Gasteiger partial charge is 0.412 e. The summed E-state index contributed by atoms with van der Waals surface area (Å²) in [7, 11) is 0. The van der Waals surface area contributed by atoms with Gasteiger partial charge in [-0.2, -0.15) is 4.98 Å². The molecule has 1 rings (SSSR count). The molecule has 0 aliphatic carbocycles. The molecule has 0 fully saturated rings. The molecular weight excluding hydrogens is 222 g/mol. The Morgan fingerprint density at radius 3 is 3.00 bits per heavy atom. The molecule has 1 aromatic rings. The van der Waals surface area contributed by atoms with E-state index in [-0.39, 0.29) is 5.82 Å². The zero-order valence-electron chi connectivity index (χ0n) is 9.86. The number of carbonyl (C=O) groups excluding carboxylic acids is 1. The molecular formula is C11H17N3O3.